The van der Waals surface area contributed by atoms with Crippen LogP contribution in [-0.4, -0.2) is 67.7 Å². The van der Waals surface area contributed by atoms with Crippen LogP contribution in [0.15, 0.2) is 12.2 Å². The molecule has 4 rings (SSSR count). The Labute approximate surface area is 218 Å². The first-order valence-electron chi connectivity index (χ1n) is 14.3. The first-order chi connectivity index (χ1) is 16.5. The van der Waals surface area contributed by atoms with Crippen molar-refractivity contribution in [3.8, 4) is 0 Å². The first-order valence-corrected chi connectivity index (χ1v) is 14.3. The van der Waals surface area contributed by atoms with Gasteiger partial charge >= 0.3 is 0 Å². The van der Waals surface area contributed by atoms with Crippen molar-refractivity contribution in [3.05, 3.63) is 12.2 Å². The monoisotopic (exact) mass is 508 g/mol. The molecule has 4 aliphatic rings. The largest absolute Gasteiger partial charge is 0.390 e. The van der Waals surface area contributed by atoms with Gasteiger partial charge in [0.05, 0.1) is 41.2 Å². The number of fused-ring (bicyclic) bond motifs is 2. The minimum absolute atomic E-state index is 0.0412. The van der Waals surface area contributed by atoms with Gasteiger partial charge in [0.2, 0.25) is 0 Å². The van der Waals surface area contributed by atoms with Crippen molar-refractivity contribution in [1.29, 1.82) is 0 Å². The summed E-state index contributed by atoms with van der Waals surface area (Å²) in [6.45, 7) is 18.6. The Bertz CT molecular complexity index is 839. The van der Waals surface area contributed by atoms with E-state index >= 15 is 0 Å². The van der Waals surface area contributed by atoms with Gasteiger partial charge in [-0.05, 0) is 97.3 Å². The average Bonchev–Trinajstić information content (AvgIpc) is 2.92. The lowest BCUT2D eigenvalue weighted by Gasteiger charge is -2.57. The van der Waals surface area contributed by atoms with Crippen LogP contribution in [0.25, 0.3) is 0 Å². The predicted molar refractivity (Wildman–Crippen MR) is 140 cm³/mol. The summed E-state index contributed by atoms with van der Waals surface area (Å²) in [7, 11) is 0. The first kappa shape index (κ1) is 28.5. The maximum absolute atomic E-state index is 12.5. The molecule has 2 saturated carbocycles. The molecule has 6 nitrogen and oxygen atoms in total. The van der Waals surface area contributed by atoms with Crippen LogP contribution >= 0.6 is 0 Å². The minimum Gasteiger partial charge on any atom is -0.390 e. The zero-order valence-electron chi connectivity index (χ0n) is 23.7. The number of aliphatic hydroxyl groups excluding tert-OH is 3. The van der Waals surface area contributed by atoms with Crippen molar-refractivity contribution < 1.29 is 29.9 Å². The number of rotatable bonds is 3. The van der Waals surface area contributed by atoms with Crippen LogP contribution in [0.2, 0.25) is 0 Å². The third-order valence-electron chi connectivity index (χ3n) is 11.3. The lowest BCUT2D eigenvalue weighted by atomic mass is 9.53. The second-order valence-corrected chi connectivity index (χ2v) is 14.3. The molecule has 36 heavy (non-hydrogen) atoms. The number of ether oxygens (including phenoxy) is 2. The van der Waals surface area contributed by atoms with Gasteiger partial charge in [0.15, 0.2) is 0 Å². The average molecular weight is 509 g/mol. The Hall–Kier alpha value is -0.500. The fourth-order valence-corrected chi connectivity index (χ4v) is 8.45. The molecule has 0 aromatic carbocycles. The third kappa shape index (κ3) is 4.42. The van der Waals surface area contributed by atoms with Gasteiger partial charge in [0, 0.05) is 10.8 Å². The molecule has 0 spiro atoms. The molecule has 0 aromatic heterocycles. The van der Waals surface area contributed by atoms with E-state index < -0.39 is 40.5 Å². The van der Waals surface area contributed by atoms with Gasteiger partial charge in [-0.1, -0.05) is 32.9 Å². The van der Waals surface area contributed by atoms with Crippen molar-refractivity contribution >= 4 is 0 Å². The quantitative estimate of drug-likeness (QED) is 0.419. The molecule has 4 N–H and O–H groups in total. The van der Waals surface area contributed by atoms with E-state index in [9.17, 15) is 20.4 Å². The van der Waals surface area contributed by atoms with Gasteiger partial charge in [-0.15, -0.1) is 0 Å². The zero-order chi connectivity index (χ0) is 26.9. The summed E-state index contributed by atoms with van der Waals surface area (Å²) in [5.41, 5.74) is -2.14. The number of hydrogen-bond acceptors (Lipinski definition) is 6. The smallest absolute Gasteiger partial charge is 0.108 e. The highest BCUT2D eigenvalue weighted by molar-refractivity contribution is 5.17. The van der Waals surface area contributed by atoms with Crippen molar-refractivity contribution in [2.75, 3.05) is 0 Å². The number of aliphatic hydroxyl groups is 4. The lowest BCUT2D eigenvalue weighted by Crippen LogP contribution is -2.61. The van der Waals surface area contributed by atoms with E-state index in [1.54, 1.807) is 0 Å². The van der Waals surface area contributed by atoms with Crippen molar-refractivity contribution in [2.24, 2.45) is 22.7 Å². The summed E-state index contributed by atoms with van der Waals surface area (Å²) in [5, 5.41) is 45.1. The van der Waals surface area contributed by atoms with E-state index in [2.05, 4.69) is 27.4 Å². The van der Waals surface area contributed by atoms with Crippen LogP contribution in [0.4, 0.5) is 0 Å². The van der Waals surface area contributed by atoms with Gasteiger partial charge < -0.3 is 29.9 Å². The lowest BCUT2D eigenvalue weighted by molar-refractivity contribution is -0.234. The Morgan fingerprint density at radius 1 is 0.889 bits per heavy atom. The molecule has 2 aliphatic heterocycles. The van der Waals surface area contributed by atoms with E-state index in [0.717, 1.165) is 38.5 Å². The second kappa shape index (κ2) is 9.31. The Balaban J connectivity index is 1.63. The fourth-order valence-electron chi connectivity index (χ4n) is 8.45. The molecule has 10 unspecified atom stereocenters. The summed E-state index contributed by atoms with van der Waals surface area (Å²) >= 11 is 0. The van der Waals surface area contributed by atoms with E-state index in [-0.39, 0.29) is 29.5 Å². The van der Waals surface area contributed by atoms with Crippen LogP contribution in [0.1, 0.15) is 106 Å². The zero-order valence-corrected chi connectivity index (χ0v) is 23.7. The van der Waals surface area contributed by atoms with Crippen LogP contribution in [0.5, 0.6) is 0 Å². The van der Waals surface area contributed by atoms with Gasteiger partial charge in [-0.3, -0.25) is 0 Å². The molecule has 4 fully saturated rings. The highest BCUT2D eigenvalue weighted by Crippen LogP contribution is 2.59. The maximum atomic E-state index is 12.5. The molecule has 208 valence electrons. The van der Waals surface area contributed by atoms with Crippen LogP contribution in [0.3, 0.4) is 0 Å². The molecule has 6 heteroatoms. The highest BCUT2D eigenvalue weighted by atomic mass is 16.5. The van der Waals surface area contributed by atoms with Gasteiger partial charge in [-0.25, -0.2) is 0 Å². The molecular weight excluding hydrogens is 456 g/mol. The molecular formula is C30H52O6. The number of allylic oxidation sites excluding steroid dienone is 1. The Kier molecular flexibility index (Phi) is 7.37. The van der Waals surface area contributed by atoms with Crippen molar-refractivity contribution in [3.63, 3.8) is 0 Å². The molecule has 0 amide bonds. The van der Waals surface area contributed by atoms with E-state index in [0.29, 0.717) is 19.3 Å². The summed E-state index contributed by atoms with van der Waals surface area (Å²) < 4.78 is 13.0. The summed E-state index contributed by atoms with van der Waals surface area (Å²) in [4.78, 5) is 0. The summed E-state index contributed by atoms with van der Waals surface area (Å²) in [6.07, 6.45) is 4.00. The third-order valence-corrected chi connectivity index (χ3v) is 11.3. The van der Waals surface area contributed by atoms with E-state index in [1.807, 2.05) is 27.7 Å². The van der Waals surface area contributed by atoms with E-state index in [1.165, 1.54) is 5.57 Å². The standard InChI is InChI=1S/C30H52O6/c1-18-9-11-23-28(7,15-14-22(32)26(3,4)35-23)20(18)13-16-30(34)19(2)10-12-24-29(30,8)17-21(31)25(33)27(5,6)36-24/h19-25,31-34H,1,9-17H2,2-8H3. The molecule has 0 bridgehead atoms. The van der Waals surface area contributed by atoms with Crippen molar-refractivity contribution in [2.45, 2.75) is 154 Å². The van der Waals surface area contributed by atoms with Crippen LogP contribution in [0, 0.1) is 22.7 Å². The normalized spacial score (nSPS) is 51.0. The Morgan fingerprint density at radius 3 is 2.19 bits per heavy atom. The van der Waals surface area contributed by atoms with Gasteiger partial charge in [0.1, 0.15) is 6.10 Å². The minimum atomic E-state index is -1.05. The molecule has 0 aromatic rings. The van der Waals surface area contributed by atoms with E-state index in [4.69, 9.17) is 9.47 Å². The predicted octanol–water partition coefficient (Wildman–Crippen LogP) is 4.51. The Morgan fingerprint density at radius 2 is 1.53 bits per heavy atom. The SMILES string of the molecule is C=C1CCC2OC(C)(C)C(O)CCC2(C)C1CCC1(O)C(C)CCC2OC(C)(C)C(O)C(O)CC21C. The fraction of sp³-hybridized carbons (Fsp3) is 0.933. The number of hydrogen-bond donors (Lipinski definition) is 4. The van der Waals surface area contributed by atoms with Gasteiger partial charge in [0.25, 0.3) is 0 Å². The molecule has 10 atom stereocenters. The molecule has 2 heterocycles. The van der Waals surface area contributed by atoms with Crippen LogP contribution in [-0.2, 0) is 9.47 Å². The molecule has 2 aliphatic carbocycles. The summed E-state index contributed by atoms with van der Waals surface area (Å²) in [6, 6.07) is 0. The topological polar surface area (TPSA) is 99.4 Å². The molecule has 2 saturated heterocycles. The maximum Gasteiger partial charge on any atom is 0.108 e. The summed E-state index contributed by atoms with van der Waals surface area (Å²) in [5.74, 6) is 0.218. The molecule has 0 radical (unpaired) electrons. The van der Waals surface area contributed by atoms with Gasteiger partial charge in [-0.2, -0.15) is 0 Å². The second-order valence-electron chi connectivity index (χ2n) is 14.3. The highest BCUT2D eigenvalue weighted by Gasteiger charge is 2.62. The van der Waals surface area contributed by atoms with Crippen molar-refractivity contribution in [1.82, 2.24) is 0 Å². The van der Waals surface area contributed by atoms with Crippen LogP contribution < -0.4 is 0 Å².